The number of anilines is 1. The fourth-order valence-electron chi connectivity index (χ4n) is 3.41. The van der Waals surface area contributed by atoms with Gasteiger partial charge in [-0.25, -0.2) is 9.59 Å². The molecule has 0 aliphatic carbocycles. The maximum absolute atomic E-state index is 12.4. The molecule has 6 heteroatoms. The highest BCUT2D eigenvalue weighted by Crippen LogP contribution is 2.31. The van der Waals surface area contributed by atoms with Crippen LogP contribution >= 0.6 is 0 Å². The number of nitrogens with one attached hydrogen (secondary N) is 1. The molecule has 2 rings (SSSR count). The van der Waals surface area contributed by atoms with Gasteiger partial charge in [-0.1, -0.05) is 38.8 Å². The van der Waals surface area contributed by atoms with Crippen LogP contribution < -0.4 is 10.2 Å². The molecule has 0 saturated carbocycles. The van der Waals surface area contributed by atoms with E-state index >= 15 is 0 Å². The molecule has 154 valence electrons. The number of allylic oxidation sites excluding steroid dienone is 1. The van der Waals surface area contributed by atoms with Gasteiger partial charge in [-0.15, -0.1) is 0 Å². The molecular weight excluding hydrogens is 354 g/mol. The van der Waals surface area contributed by atoms with Crippen LogP contribution in [0.2, 0.25) is 0 Å². The number of ether oxygens (including phenoxy) is 1. The van der Waals surface area contributed by atoms with Crippen LogP contribution in [-0.4, -0.2) is 44.1 Å². The first kappa shape index (κ1) is 21.8. The van der Waals surface area contributed by atoms with E-state index in [2.05, 4.69) is 36.2 Å². The Kier molecular flexibility index (Phi) is 7.91. The molecule has 2 amide bonds. The summed E-state index contributed by atoms with van der Waals surface area (Å²) in [4.78, 5) is 28.5. The Morgan fingerprint density at radius 2 is 1.71 bits per heavy atom. The van der Waals surface area contributed by atoms with Crippen LogP contribution in [-0.2, 0) is 9.53 Å². The number of hydrogen-bond acceptors (Lipinski definition) is 4. The van der Waals surface area contributed by atoms with Gasteiger partial charge in [0.05, 0.1) is 18.7 Å². The van der Waals surface area contributed by atoms with Crippen LogP contribution in [0.4, 0.5) is 10.5 Å². The van der Waals surface area contributed by atoms with Crippen molar-refractivity contribution in [2.24, 2.45) is 0 Å². The lowest BCUT2D eigenvalue weighted by Gasteiger charge is -2.33. The van der Waals surface area contributed by atoms with Crippen LogP contribution in [0.1, 0.15) is 58.1 Å². The van der Waals surface area contributed by atoms with Crippen LogP contribution in [0.25, 0.3) is 0 Å². The molecule has 0 spiro atoms. The third kappa shape index (κ3) is 4.86. The third-order valence-corrected chi connectivity index (χ3v) is 5.31. The summed E-state index contributed by atoms with van der Waals surface area (Å²) in [7, 11) is 3.00. The summed E-state index contributed by atoms with van der Waals surface area (Å²) < 4.78 is 4.96. The minimum atomic E-state index is -0.509. The number of unbranched alkanes of at least 4 members (excludes halogenated alkanes) is 2. The number of amides is 2. The number of benzene rings is 1. The summed E-state index contributed by atoms with van der Waals surface area (Å²) in [5.41, 5.74) is 3.12. The molecule has 1 N–H and O–H groups in total. The van der Waals surface area contributed by atoms with Crippen LogP contribution in [0.3, 0.4) is 0 Å². The Morgan fingerprint density at radius 1 is 1.14 bits per heavy atom. The van der Waals surface area contributed by atoms with Gasteiger partial charge in [-0.2, -0.15) is 0 Å². The number of carbonyl (C=O) groups is 2. The molecule has 0 radical (unpaired) electrons. The summed E-state index contributed by atoms with van der Waals surface area (Å²) >= 11 is 0. The minimum absolute atomic E-state index is 0.230. The summed E-state index contributed by atoms with van der Waals surface area (Å²) in [5.74, 6) is -0.425. The Morgan fingerprint density at radius 3 is 2.21 bits per heavy atom. The zero-order valence-corrected chi connectivity index (χ0v) is 17.7. The Balaban J connectivity index is 2.31. The number of rotatable bonds is 9. The molecule has 1 aromatic carbocycles. The van der Waals surface area contributed by atoms with Gasteiger partial charge in [0, 0.05) is 31.5 Å². The highest BCUT2D eigenvalue weighted by Gasteiger charge is 2.34. The molecule has 1 aliphatic heterocycles. The standard InChI is InChI=1S/C22H33N3O3/c1-6-8-14-25(15-9-7-2)18-12-10-17(11-13-18)20-19(21(26)28-5)16(3)24(4)22(27)23-20/h10-13,20H,6-9,14-15H2,1-5H3,(H,23,27)/t20-/m1/s1. The van der Waals surface area contributed by atoms with Crippen molar-refractivity contribution in [2.45, 2.75) is 52.5 Å². The van der Waals surface area contributed by atoms with Gasteiger partial charge in [-0.05, 0) is 37.5 Å². The third-order valence-electron chi connectivity index (χ3n) is 5.31. The average Bonchev–Trinajstić information content (AvgIpc) is 2.71. The zero-order valence-electron chi connectivity index (χ0n) is 17.7. The molecule has 0 bridgehead atoms. The van der Waals surface area contributed by atoms with Gasteiger partial charge in [-0.3, -0.25) is 0 Å². The van der Waals surface area contributed by atoms with E-state index in [1.54, 1.807) is 14.0 Å². The summed E-state index contributed by atoms with van der Waals surface area (Å²) in [6, 6.07) is 7.40. The van der Waals surface area contributed by atoms with Crippen molar-refractivity contribution >= 4 is 17.7 Å². The van der Waals surface area contributed by atoms with E-state index in [0.29, 0.717) is 11.3 Å². The summed E-state index contributed by atoms with van der Waals surface area (Å²) in [6.07, 6.45) is 4.64. The number of nitrogens with zero attached hydrogens (tertiary/aromatic N) is 2. The van der Waals surface area contributed by atoms with E-state index in [-0.39, 0.29) is 6.03 Å². The predicted octanol–water partition coefficient (Wildman–Crippen LogP) is 4.24. The number of esters is 1. The molecule has 1 aromatic rings. The van der Waals surface area contributed by atoms with Gasteiger partial charge >= 0.3 is 12.0 Å². The second kappa shape index (κ2) is 10.2. The molecular formula is C22H33N3O3. The van der Waals surface area contributed by atoms with E-state index in [9.17, 15) is 9.59 Å². The quantitative estimate of drug-likeness (QED) is 0.644. The molecule has 6 nitrogen and oxygen atoms in total. The average molecular weight is 388 g/mol. The highest BCUT2D eigenvalue weighted by atomic mass is 16.5. The number of methoxy groups -OCH3 is 1. The van der Waals surface area contributed by atoms with Crippen molar-refractivity contribution in [3.05, 3.63) is 41.1 Å². The second-order valence-electron chi connectivity index (χ2n) is 7.22. The fraction of sp³-hybridized carbons (Fsp3) is 0.545. The first-order chi connectivity index (χ1) is 13.4. The normalized spacial score (nSPS) is 16.8. The van der Waals surface area contributed by atoms with Crippen molar-refractivity contribution in [3.8, 4) is 0 Å². The fourth-order valence-corrected chi connectivity index (χ4v) is 3.41. The van der Waals surface area contributed by atoms with Crippen molar-refractivity contribution in [3.63, 3.8) is 0 Å². The topological polar surface area (TPSA) is 61.9 Å². The SMILES string of the molecule is CCCCN(CCCC)c1ccc([C@H]2NC(=O)N(C)C(C)=C2C(=O)OC)cc1. The smallest absolute Gasteiger partial charge is 0.337 e. The number of hydrogen-bond donors (Lipinski definition) is 1. The lowest BCUT2D eigenvalue weighted by molar-refractivity contribution is -0.136. The van der Waals surface area contributed by atoms with E-state index < -0.39 is 12.0 Å². The summed E-state index contributed by atoms with van der Waals surface area (Å²) in [6.45, 7) is 8.24. The van der Waals surface area contributed by atoms with E-state index in [1.807, 2.05) is 12.1 Å². The zero-order chi connectivity index (χ0) is 20.7. The molecule has 1 aliphatic rings. The molecule has 0 saturated heterocycles. The predicted molar refractivity (Wildman–Crippen MR) is 112 cm³/mol. The van der Waals surface area contributed by atoms with E-state index in [4.69, 9.17) is 4.74 Å². The molecule has 1 atom stereocenters. The summed E-state index contributed by atoms with van der Waals surface area (Å²) in [5, 5.41) is 2.91. The first-order valence-electron chi connectivity index (χ1n) is 10.1. The molecule has 0 aromatic heterocycles. The van der Waals surface area contributed by atoms with Gasteiger partial charge < -0.3 is 19.9 Å². The van der Waals surface area contributed by atoms with Gasteiger partial charge in [0.1, 0.15) is 0 Å². The van der Waals surface area contributed by atoms with Crippen molar-refractivity contribution in [1.82, 2.24) is 10.2 Å². The highest BCUT2D eigenvalue weighted by molar-refractivity contribution is 5.94. The van der Waals surface area contributed by atoms with Crippen LogP contribution in [0, 0.1) is 0 Å². The van der Waals surface area contributed by atoms with Gasteiger partial charge in [0.2, 0.25) is 0 Å². The molecule has 1 heterocycles. The van der Waals surface area contributed by atoms with Gasteiger partial charge in [0.25, 0.3) is 0 Å². The minimum Gasteiger partial charge on any atom is -0.466 e. The number of carbonyl (C=O) groups excluding carboxylic acids is 2. The Hall–Kier alpha value is -2.50. The van der Waals surface area contributed by atoms with Crippen LogP contribution in [0.5, 0.6) is 0 Å². The Bertz CT molecular complexity index is 704. The van der Waals surface area contributed by atoms with Gasteiger partial charge in [0.15, 0.2) is 0 Å². The second-order valence-corrected chi connectivity index (χ2v) is 7.22. The van der Waals surface area contributed by atoms with Crippen molar-refractivity contribution < 1.29 is 14.3 Å². The maximum atomic E-state index is 12.4. The Labute approximate surface area is 168 Å². The van der Waals surface area contributed by atoms with Crippen LogP contribution in [0.15, 0.2) is 35.5 Å². The van der Waals surface area contributed by atoms with Crippen molar-refractivity contribution in [2.75, 3.05) is 32.1 Å². The largest absolute Gasteiger partial charge is 0.466 e. The molecule has 0 fully saturated rings. The van der Waals surface area contributed by atoms with E-state index in [0.717, 1.165) is 44.3 Å². The number of urea groups is 1. The van der Waals surface area contributed by atoms with E-state index in [1.165, 1.54) is 17.7 Å². The van der Waals surface area contributed by atoms with Crippen molar-refractivity contribution in [1.29, 1.82) is 0 Å². The lowest BCUT2D eigenvalue weighted by atomic mass is 9.95. The molecule has 28 heavy (non-hydrogen) atoms. The monoisotopic (exact) mass is 387 g/mol. The molecule has 0 unspecified atom stereocenters. The first-order valence-corrected chi connectivity index (χ1v) is 10.1. The maximum Gasteiger partial charge on any atom is 0.337 e. The lowest BCUT2D eigenvalue weighted by Crippen LogP contribution is -2.46.